The first-order chi connectivity index (χ1) is 21.3. The normalized spacial score (nSPS) is 11.7. The maximum absolute atomic E-state index is 5.00. The van der Waals surface area contributed by atoms with Gasteiger partial charge in [0.1, 0.15) is 5.01 Å². The molecular weight excluding hydrogens is 539 g/mol. The first-order valence-corrected chi connectivity index (χ1v) is 15.4. The molecular formula is C41H25NS. The van der Waals surface area contributed by atoms with Crippen molar-refractivity contribution in [3.05, 3.63) is 152 Å². The minimum Gasteiger partial charge on any atom is -0.236 e. The lowest BCUT2D eigenvalue weighted by Gasteiger charge is -2.13. The molecule has 0 radical (unpaired) electrons. The van der Waals surface area contributed by atoms with Gasteiger partial charge in [0.2, 0.25) is 0 Å². The van der Waals surface area contributed by atoms with E-state index in [1.807, 2.05) is 0 Å². The van der Waals surface area contributed by atoms with Crippen molar-refractivity contribution in [2.24, 2.45) is 0 Å². The fourth-order valence-corrected chi connectivity index (χ4v) is 7.71. The summed E-state index contributed by atoms with van der Waals surface area (Å²) in [6.07, 6.45) is 0. The predicted molar refractivity (Wildman–Crippen MR) is 186 cm³/mol. The Morgan fingerprint density at radius 2 is 1.07 bits per heavy atom. The fraction of sp³-hybridized carbons (Fsp3) is 0. The highest BCUT2D eigenvalue weighted by Crippen LogP contribution is 2.40. The molecule has 1 heterocycles. The van der Waals surface area contributed by atoms with Crippen molar-refractivity contribution in [3.63, 3.8) is 0 Å². The molecule has 0 bridgehead atoms. The second-order valence-electron chi connectivity index (χ2n) is 11.2. The Morgan fingerprint density at radius 1 is 0.395 bits per heavy atom. The summed E-state index contributed by atoms with van der Waals surface area (Å²) in [6, 6.07) is 55.0. The number of hydrogen-bond donors (Lipinski definition) is 0. The molecule has 0 aliphatic carbocycles. The summed E-state index contributed by atoms with van der Waals surface area (Å²) < 4.78 is 1.25. The van der Waals surface area contributed by atoms with Crippen LogP contribution in [0.4, 0.5) is 0 Å². The topological polar surface area (TPSA) is 12.9 Å². The van der Waals surface area contributed by atoms with Gasteiger partial charge in [0, 0.05) is 10.9 Å². The van der Waals surface area contributed by atoms with Crippen molar-refractivity contribution in [1.82, 2.24) is 4.98 Å². The number of fused-ring (bicyclic) bond motifs is 8. The molecule has 8 aromatic carbocycles. The van der Waals surface area contributed by atoms with Crippen molar-refractivity contribution >= 4 is 64.6 Å². The average molecular weight is 564 g/mol. The first kappa shape index (κ1) is 24.3. The van der Waals surface area contributed by atoms with Crippen LogP contribution >= 0.6 is 11.3 Å². The largest absolute Gasteiger partial charge is 0.236 e. The van der Waals surface area contributed by atoms with Crippen molar-refractivity contribution < 1.29 is 0 Å². The molecule has 2 heteroatoms. The number of benzene rings is 8. The molecule has 0 amide bonds. The smallest absolute Gasteiger partial charge is 0.124 e. The summed E-state index contributed by atoms with van der Waals surface area (Å²) >= 11 is 1.79. The zero-order chi connectivity index (χ0) is 28.3. The Hall–Kier alpha value is -5.31. The summed E-state index contributed by atoms with van der Waals surface area (Å²) in [5.74, 6) is 0. The van der Waals surface area contributed by atoms with Crippen LogP contribution < -0.4 is 0 Å². The SMILES string of the molecule is c1ccc(-c2nc3ccc4ccc5cc(-c6cccc(-c7cc8ccccc8c8ccccc78)c6)ccc5c4c3s2)cc1. The molecule has 0 aliphatic rings. The molecule has 9 rings (SSSR count). The van der Waals surface area contributed by atoms with Crippen LogP contribution in [0.3, 0.4) is 0 Å². The summed E-state index contributed by atoms with van der Waals surface area (Å²) in [4.78, 5) is 5.00. The highest BCUT2D eigenvalue weighted by Gasteiger charge is 2.13. The molecule has 1 aromatic heterocycles. The predicted octanol–water partition coefficient (Wildman–Crippen LogP) is 11.9. The van der Waals surface area contributed by atoms with Gasteiger partial charge in [0.25, 0.3) is 0 Å². The molecule has 0 N–H and O–H groups in total. The molecule has 200 valence electrons. The number of hydrogen-bond acceptors (Lipinski definition) is 2. The van der Waals surface area contributed by atoms with Crippen molar-refractivity contribution in [1.29, 1.82) is 0 Å². The van der Waals surface area contributed by atoms with Crippen LogP contribution in [0.25, 0.3) is 86.1 Å². The van der Waals surface area contributed by atoms with Crippen LogP contribution in [0.15, 0.2) is 152 Å². The molecule has 0 saturated heterocycles. The second-order valence-corrected chi connectivity index (χ2v) is 12.2. The zero-order valence-electron chi connectivity index (χ0n) is 23.3. The van der Waals surface area contributed by atoms with E-state index in [1.54, 1.807) is 11.3 Å². The van der Waals surface area contributed by atoms with Gasteiger partial charge in [-0.3, -0.25) is 0 Å². The lowest BCUT2D eigenvalue weighted by molar-refractivity contribution is 1.48. The van der Waals surface area contributed by atoms with Gasteiger partial charge in [-0.15, -0.1) is 11.3 Å². The summed E-state index contributed by atoms with van der Waals surface area (Å²) in [5, 5.41) is 11.3. The van der Waals surface area contributed by atoms with Gasteiger partial charge >= 0.3 is 0 Å². The lowest BCUT2D eigenvalue weighted by Crippen LogP contribution is -1.86. The molecule has 0 aliphatic heterocycles. The number of aromatic nitrogens is 1. The van der Waals surface area contributed by atoms with Gasteiger partial charge in [-0.2, -0.15) is 0 Å². The molecule has 0 spiro atoms. The van der Waals surface area contributed by atoms with Gasteiger partial charge in [0.15, 0.2) is 0 Å². The number of nitrogens with zero attached hydrogens (tertiary/aromatic N) is 1. The zero-order valence-corrected chi connectivity index (χ0v) is 24.1. The van der Waals surface area contributed by atoms with Crippen LogP contribution in [0.1, 0.15) is 0 Å². The first-order valence-electron chi connectivity index (χ1n) is 14.6. The summed E-state index contributed by atoms with van der Waals surface area (Å²) in [5.41, 5.74) is 7.17. The van der Waals surface area contributed by atoms with Crippen LogP contribution in [0.5, 0.6) is 0 Å². The Bertz CT molecular complexity index is 2510. The van der Waals surface area contributed by atoms with Crippen LogP contribution in [0, 0.1) is 0 Å². The van der Waals surface area contributed by atoms with Crippen LogP contribution in [0.2, 0.25) is 0 Å². The molecule has 0 atom stereocenters. The second kappa shape index (κ2) is 9.62. The van der Waals surface area contributed by atoms with E-state index in [-0.39, 0.29) is 0 Å². The van der Waals surface area contributed by atoms with Crippen LogP contribution in [-0.4, -0.2) is 4.98 Å². The summed E-state index contributed by atoms with van der Waals surface area (Å²) in [7, 11) is 0. The van der Waals surface area contributed by atoms with E-state index in [9.17, 15) is 0 Å². The van der Waals surface area contributed by atoms with Crippen molar-refractivity contribution in [2.45, 2.75) is 0 Å². The Balaban J connectivity index is 1.19. The quantitative estimate of drug-likeness (QED) is 0.195. The Kier molecular flexibility index (Phi) is 5.44. The van der Waals surface area contributed by atoms with Gasteiger partial charge in [-0.1, -0.05) is 127 Å². The average Bonchev–Trinajstić information content (AvgIpc) is 3.53. The lowest BCUT2D eigenvalue weighted by atomic mass is 9.91. The van der Waals surface area contributed by atoms with E-state index in [0.717, 1.165) is 10.5 Å². The maximum Gasteiger partial charge on any atom is 0.124 e. The highest BCUT2D eigenvalue weighted by atomic mass is 32.1. The standard InChI is InChI=1S/C41H25NS/c1-2-9-27(10-3-1)41-42-38-22-20-26-17-18-32-24-29(19-21-34(32)39(26)40(38)43-41)28-12-8-13-30(23-28)37-25-31-11-4-5-14-33(31)35-15-6-7-16-36(35)37/h1-25H. The Labute approximate surface area is 253 Å². The maximum atomic E-state index is 5.00. The highest BCUT2D eigenvalue weighted by molar-refractivity contribution is 7.22. The monoisotopic (exact) mass is 563 g/mol. The number of rotatable bonds is 3. The van der Waals surface area contributed by atoms with Gasteiger partial charge in [-0.05, 0) is 84.2 Å². The third-order valence-corrected chi connectivity index (χ3v) is 9.79. The molecule has 9 aromatic rings. The third-order valence-electron chi connectivity index (χ3n) is 8.65. The number of thiazole rings is 1. The molecule has 43 heavy (non-hydrogen) atoms. The van der Waals surface area contributed by atoms with Gasteiger partial charge < -0.3 is 0 Å². The van der Waals surface area contributed by atoms with E-state index < -0.39 is 0 Å². The summed E-state index contributed by atoms with van der Waals surface area (Å²) in [6.45, 7) is 0. The van der Waals surface area contributed by atoms with Gasteiger partial charge in [0.05, 0.1) is 10.2 Å². The minimum atomic E-state index is 1.06. The molecule has 0 saturated carbocycles. The van der Waals surface area contributed by atoms with E-state index in [4.69, 9.17) is 4.98 Å². The fourth-order valence-electron chi connectivity index (χ4n) is 6.57. The van der Waals surface area contributed by atoms with Crippen molar-refractivity contribution in [2.75, 3.05) is 0 Å². The van der Waals surface area contributed by atoms with E-state index in [1.165, 1.54) is 75.6 Å². The van der Waals surface area contributed by atoms with E-state index in [0.29, 0.717) is 0 Å². The van der Waals surface area contributed by atoms with E-state index >= 15 is 0 Å². The van der Waals surface area contributed by atoms with Gasteiger partial charge in [-0.25, -0.2) is 4.98 Å². The third kappa shape index (κ3) is 3.95. The molecule has 1 nitrogen and oxygen atoms in total. The molecule has 0 unspecified atom stereocenters. The Morgan fingerprint density at radius 3 is 1.98 bits per heavy atom. The van der Waals surface area contributed by atoms with Crippen LogP contribution in [-0.2, 0) is 0 Å². The minimum absolute atomic E-state index is 1.06. The molecule has 0 fully saturated rings. The van der Waals surface area contributed by atoms with E-state index in [2.05, 4.69) is 152 Å². The van der Waals surface area contributed by atoms with Crippen molar-refractivity contribution in [3.8, 4) is 32.8 Å².